The quantitative estimate of drug-likeness (QED) is 0.419. The van der Waals surface area contributed by atoms with Gasteiger partial charge in [0.2, 0.25) is 15.9 Å². The molecule has 1 atom stereocenters. The first-order valence-corrected chi connectivity index (χ1v) is 11.9. The third kappa shape index (κ3) is 3.66. The largest absolute Gasteiger partial charge is 0.439 e. The van der Waals surface area contributed by atoms with Crippen molar-refractivity contribution in [2.24, 2.45) is 0 Å². The number of nitrogens with zero attached hydrogens (tertiary/aromatic N) is 2. The van der Waals surface area contributed by atoms with Crippen molar-refractivity contribution >= 4 is 21.1 Å². The molecule has 1 aliphatic heterocycles. The fourth-order valence-electron chi connectivity index (χ4n) is 4.21. The molecule has 0 spiro atoms. The summed E-state index contributed by atoms with van der Waals surface area (Å²) in [6.07, 6.45) is 1.48. The molecule has 5 nitrogen and oxygen atoms in total. The Morgan fingerprint density at radius 1 is 0.935 bits per heavy atom. The molecule has 6 heteroatoms. The maximum Gasteiger partial charge on any atom is 0.243 e. The molecule has 1 aromatic heterocycles. The number of benzene rings is 3. The van der Waals surface area contributed by atoms with E-state index in [1.54, 1.807) is 12.1 Å². The van der Waals surface area contributed by atoms with Crippen LogP contribution in [-0.2, 0) is 10.0 Å². The number of hydrogen-bond acceptors (Lipinski definition) is 4. The maximum atomic E-state index is 13.3. The Balaban J connectivity index is 1.50. The minimum Gasteiger partial charge on any atom is -0.439 e. The highest BCUT2D eigenvalue weighted by molar-refractivity contribution is 7.89. The third-order valence-corrected chi connectivity index (χ3v) is 7.79. The molecular formula is C25H24N2O3S. The molecule has 3 aromatic carbocycles. The van der Waals surface area contributed by atoms with Gasteiger partial charge in [-0.05, 0) is 62.1 Å². The van der Waals surface area contributed by atoms with Crippen molar-refractivity contribution in [3.63, 3.8) is 0 Å². The van der Waals surface area contributed by atoms with E-state index in [-0.39, 0.29) is 6.04 Å². The van der Waals surface area contributed by atoms with Crippen LogP contribution < -0.4 is 0 Å². The fourth-order valence-corrected chi connectivity index (χ4v) is 5.86. The van der Waals surface area contributed by atoms with Crippen LogP contribution in [0, 0.1) is 13.8 Å². The monoisotopic (exact) mass is 432 g/mol. The van der Waals surface area contributed by atoms with Gasteiger partial charge in [0.1, 0.15) is 11.6 Å². The Morgan fingerprint density at radius 2 is 1.71 bits per heavy atom. The summed E-state index contributed by atoms with van der Waals surface area (Å²) in [5, 5.41) is 0. The van der Waals surface area contributed by atoms with Gasteiger partial charge in [0, 0.05) is 6.54 Å². The van der Waals surface area contributed by atoms with Gasteiger partial charge in [-0.25, -0.2) is 13.4 Å². The highest BCUT2D eigenvalue weighted by Gasteiger charge is 2.39. The summed E-state index contributed by atoms with van der Waals surface area (Å²) in [5.74, 6) is 0.463. The highest BCUT2D eigenvalue weighted by Crippen LogP contribution is 2.38. The van der Waals surface area contributed by atoms with E-state index in [0.717, 1.165) is 28.6 Å². The number of aryl methyl sites for hydroxylation is 2. The van der Waals surface area contributed by atoms with Gasteiger partial charge in [-0.3, -0.25) is 0 Å². The Labute approximate surface area is 182 Å². The molecular weight excluding hydrogens is 408 g/mol. The predicted molar refractivity (Wildman–Crippen MR) is 121 cm³/mol. The average Bonchev–Trinajstić information content (AvgIpc) is 3.41. The van der Waals surface area contributed by atoms with Gasteiger partial charge < -0.3 is 4.42 Å². The summed E-state index contributed by atoms with van der Waals surface area (Å²) in [4.78, 5) is 5.01. The second-order valence-electron chi connectivity index (χ2n) is 8.19. The lowest BCUT2D eigenvalue weighted by molar-refractivity contribution is 0.337. The number of oxazole rings is 1. The molecule has 5 rings (SSSR count). The Morgan fingerprint density at radius 3 is 2.48 bits per heavy atom. The van der Waals surface area contributed by atoms with E-state index in [1.807, 2.05) is 43.3 Å². The number of rotatable bonds is 4. The normalized spacial score (nSPS) is 17.4. The number of fused-ring (bicyclic) bond motifs is 1. The van der Waals surface area contributed by atoms with Gasteiger partial charge in [0.05, 0.1) is 4.90 Å². The second kappa shape index (κ2) is 7.62. The lowest BCUT2D eigenvalue weighted by Crippen LogP contribution is -2.30. The van der Waals surface area contributed by atoms with Crippen molar-refractivity contribution in [3.8, 4) is 11.1 Å². The van der Waals surface area contributed by atoms with Gasteiger partial charge >= 0.3 is 0 Å². The van der Waals surface area contributed by atoms with Crippen LogP contribution in [0.15, 0.2) is 76.0 Å². The van der Waals surface area contributed by atoms with Crippen LogP contribution in [-0.4, -0.2) is 24.3 Å². The van der Waals surface area contributed by atoms with E-state index >= 15 is 0 Å². The van der Waals surface area contributed by atoms with Crippen molar-refractivity contribution in [3.05, 3.63) is 83.7 Å². The van der Waals surface area contributed by atoms with Gasteiger partial charge in [-0.2, -0.15) is 4.31 Å². The van der Waals surface area contributed by atoms with Crippen LogP contribution in [0.25, 0.3) is 22.2 Å². The SMILES string of the molecule is Cc1ccc(S(=O)(=O)N2CCCC2c2nc3cc(-c4cccc(C)c4)ccc3o2)cc1. The van der Waals surface area contributed by atoms with E-state index < -0.39 is 10.0 Å². The zero-order chi connectivity index (χ0) is 21.6. The zero-order valence-electron chi connectivity index (χ0n) is 17.6. The fraction of sp³-hybridized carbons (Fsp3) is 0.240. The van der Waals surface area contributed by atoms with E-state index in [9.17, 15) is 8.42 Å². The smallest absolute Gasteiger partial charge is 0.243 e. The topological polar surface area (TPSA) is 63.4 Å². The van der Waals surface area contributed by atoms with E-state index in [4.69, 9.17) is 9.40 Å². The Hall–Kier alpha value is -2.96. The minimum absolute atomic E-state index is 0.308. The molecule has 2 heterocycles. The average molecular weight is 433 g/mol. The van der Waals surface area contributed by atoms with Crippen LogP contribution in [0.5, 0.6) is 0 Å². The van der Waals surface area contributed by atoms with Crippen molar-refractivity contribution in [1.82, 2.24) is 9.29 Å². The summed E-state index contributed by atoms with van der Waals surface area (Å²) in [5.41, 5.74) is 5.82. The first-order chi connectivity index (χ1) is 14.9. The third-order valence-electron chi connectivity index (χ3n) is 5.87. The molecule has 31 heavy (non-hydrogen) atoms. The van der Waals surface area contributed by atoms with E-state index in [1.165, 1.54) is 9.87 Å². The first-order valence-electron chi connectivity index (χ1n) is 10.5. The molecule has 0 saturated carbocycles. The molecule has 0 bridgehead atoms. The van der Waals surface area contributed by atoms with Crippen molar-refractivity contribution in [2.75, 3.05) is 6.54 Å². The Bertz CT molecular complexity index is 1360. The van der Waals surface area contributed by atoms with Crippen LogP contribution >= 0.6 is 0 Å². The second-order valence-corrected chi connectivity index (χ2v) is 10.1. The summed E-state index contributed by atoms with van der Waals surface area (Å²) in [6, 6.07) is 20.8. The molecule has 1 fully saturated rings. The van der Waals surface area contributed by atoms with E-state index in [0.29, 0.717) is 29.3 Å². The predicted octanol–water partition coefficient (Wildman–Crippen LogP) is 5.64. The van der Waals surface area contributed by atoms with E-state index in [2.05, 4.69) is 25.1 Å². The lowest BCUT2D eigenvalue weighted by atomic mass is 10.0. The van der Waals surface area contributed by atoms with Crippen molar-refractivity contribution < 1.29 is 12.8 Å². The summed E-state index contributed by atoms with van der Waals surface area (Å²) in [7, 11) is -3.61. The highest BCUT2D eigenvalue weighted by atomic mass is 32.2. The van der Waals surface area contributed by atoms with Gasteiger partial charge in [-0.15, -0.1) is 0 Å². The number of aromatic nitrogens is 1. The van der Waals surface area contributed by atoms with Crippen LogP contribution in [0.1, 0.15) is 35.9 Å². The molecule has 0 N–H and O–H groups in total. The van der Waals surface area contributed by atoms with Crippen LogP contribution in [0.3, 0.4) is 0 Å². The van der Waals surface area contributed by atoms with Gasteiger partial charge in [-0.1, -0.05) is 53.6 Å². The van der Waals surface area contributed by atoms with Crippen LogP contribution in [0.2, 0.25) is 0 Å². The molecule has 158 valence electrons. The van der Waals surface area contributed by atoms with Gasteiger partial charge in [0.25, 0.3) is 0 Å². The van der Waals surface area contributed by atoms with Crippen molar-refractivity contribution in [1.29, 1.82) is 0 Å². The first kappa shape index (κ1) is 20.0. The lowest BCUT2D eigenvalue weighted by Gasteiger charge is -2.21. The van der Waals surface area contributed by atoms with Gasteiger partial charge in [0.15, 0.2) is 5.58 Å². The molecule has 1 unspecified atom stereocenters. The molecule has 0 amide bonds. The summed E-state index contributed by atoms with van der Waals surface area (Å²) in [6.45, 7) is 4.48. The molecule has 4 aromatic rings. The zero-order valence-corrected chi connectivity index (χ0v) is 18.4. The molecule has 0 aliphatic carbocycles. The molecule has 0 radical (unpaired) electrons. The van der Waals surface area contributed by atoms with Crippen LogP contribution in [0.4, 0.5) is 0 Å². The molecule has 1 saturated heterocycles. The maximum absolute atomic E-state index is 13.3. The Kier molecular flexibility index (Phi) is 4.91. The summed E-state index contributed by atoms with van der Waals surface area (Å²) >= 11 is 0. The standard InChI is InChI=1S/C25H24N2O3S/c1-17-8-11-21(12-9-17)31(28,29)27-14-4-7-23(27)25-26-22-16-20(10-13-24(22)30-25)19-6-3-5-18(2)15-19/h3,5-6,8-13,15-16,23H,4,7,14H2,1-2H3. The van der Waals surface area contributed by atoms with Crippen molar-refractivity contribution in [2.45, 2.75) is 37.6 Å². The number of hydrogen-bond donors (Lipinski definition) is 0. The summed E-state index contributed by atoms with van der Waals surface area (Å²) < 4.78 is 34.1. The minimum atomic E-state index is -3.61. The number of sulfonamides is 1. The molecule has 1 aliphatic rings.